The minimum absolute atomic E-state index is 0.0558. The van der Waals surface area contributed by atoms with E-state index in [1.165, 1.54) is 11.3 Å². The second kappa shape index (κ2) is 6.67. The van der Waals surface area contributed by atoms with Gasteiger partial charge >= 0.3 is 0 Å². The smallest absolute Gasteiger partial charge is 0.237 e. The van der Waals surface area contributed by atoms with E-state index in [-0.39, 0.29) is 6.04 Å². The van der Waals surface area contributed by atoms with Gasteiger partial charge in [-0.2, -0.15) is 5.10 Å². The van der Waals surface area contributed by atoms with Crippen LogP contribution in [-0.2, 0) is 13.5 Å². The molecule has 0 amide bonds. The van der Waals surface area contributed by atoms with Crippen LogP contribution in [0.25, 0.3) is 0 Å². The van der Waals surface area contributed by atoms with Gasteiger partial charge in [0.25, 0.3) is 0 Å². The van der Waals surface area contributed by atoms with Crippen molar-refractivity contribution in [3.05, 3.63) is 35.0 Å². The van der Waals surface area contributed by atoms with Crippen LogP contribution in [0, 0.1) is 13.8 Å². The summed E-state index contributed by atoms with van der Waals surface area (Å²) in [5.74, 6) is 0.572. The van der Waals surface area contributed by atoms with Gasteiger partial charge in [0.05, 0.1) is 18.8 Å². The molecule has 1 N–H and O–H groups in total. The maximum absolute atomic E-state index is 5.34. The Bertz CT molecular complexity index is 608. The fourth-order valence-corrected chi connectivity index (χ4v) is 2.56. The van der Waals surface area contributed by atoms with Crippen LogP contribution in [0.2, 0.25) is 0 Å². The third-order valence-electron chi connectivity index (χ3n) is 3.73. The topological polar surface area (TPSA) is 64.9 Å². The highest BCUT2D eigenvalue weighted by atomic mass is 16.5. The molecular weight excluding hydrogens is 266 g/mol. The van der Waals surface area contributed by atoms with E-state index in [2.05, 4.69) is 34.2 Å². The Morgan fingerprint density at radius 2 is 2.00 bits per heavy atom. The summed E-state index contributed by atoms with van der Waals surface area (Å²) >= 11 is 0. The Morgan fingerprint density at radius 3 is 2.57 bits per heavy atom. The molecule has 21 heavy (non-hydrogen) atoms. The van der Waals surface area contributed by atoms with E-state index < -0.39 is 0 Å². The third-order valence-corrected chi connectivity index (χ3v) is 3.73. The van der Waals surface area contributed by atoms with Crippen LogP contribution >= 0.6 is 0 Å². The molecule has 0 saturated carbocycles. The molecule has 2 heterocycles. The lowest BCUT2D eigenvalue weighted by molar-refractivity contribution is 0.377. The summed E-state index contributed by atoms with van der Waals surface area (Å²) in [5, 5.41) is 7.95. The quantitative estimate of drug-likeness (QED) is 0.877. The maximum Gasteiger partial charge on any atom is 0.237 e. The van der Waals surface area contributed by atoms with Crippen LogP contribution in [0.3, 0.4) is 0 Å². The Balaban J connectivity index is 2.35. The Kier molecular flexibility index (Phi) is 4.90. The summed E-state index contributed by atoms with van der Waals surface area (Å²) in [7, 11) is 3.59. The van der Waals surface area contributed by atoms with Crippen LogP contribution in [-0.4, -0.2) is 33.4 Å². The summed E-state index contributed by atoms with van der Waals surface area (Å²) in [6.45, 7) is 7.06. The van der Waals surface area contributed by atoms with Gasteiger partial charge in [-0.3, -0.25) is 9.67 Å². The lowest BCUT2D eigenvalue weighted by Gasteiger charge is -2.19. The summed E-state index contributed by atoms with van der Waals surface area (Å²) in [5.41, 5.74) is 4.32. The molecule has 0 aliphatic heterocycles. The van der Waals surface area contributed by atoms with Crippen molar-refractivity contribution < 1.29 is 4.74 Å². The van der Waals surface area contributed by atoms with Gasteiger partial charge in [0.2, 0.25) is 5.88 Å². The molecule has 0 saturated heterocycles. The standard InChI is InChI=1S/C15H23N5O/c1-6-16-13(14-15(21-5)18-8-7-17-14)9-12-10(2)19-20(4)11(12)3/h7-8,13,16H,6,9H2,1-5H3. The summed E-state index contributed by atoms with van der Waals surface area (Å²) in [6, 6.07) is 0.0558. The molecule has 2 aromatic heterocycles. The van der Waals surface area contributed by atoms with Crippen molar-refractivity contribution >= 4 is 0 Å². The number of methoxy groups -OCH3 is 1. The molecule has 2 aromatic rings. The van der Waals surface area contributed by atoms with Crippen LogP contribution in [0.5, 0.6) is 5.88 Å². The van der Waals surface area contributed by atoms with E-state index in [0.717, 1.165) is 24.4 Å². The number of likely N-dealkylation sites (N-methyl/N-ethyl adjacent to an activating group) is 1. The molecule has 0 fully saturated rings. The summed E-state index contributed by atoms with van der Waals surface area (Å²) in [4.78, 5) is 8.70. The Hall–Kier alpha value is -1.95. The number of nitrogens with one attached hydrogen (secondary N) is 1. The Morgan fingerprint density at radius 1 is 1.29 bits per heavy atom. The van der Waals surface area contributed by atoms with E-state index in [1.54, 1.807) is 19.5 Å². The average molecular weight is 289 g/mol. The van der Waals surface area contributed by atoms with Crippen molar-refractivity contribution in [2.45, 2.75) is 33.2 Å². The van der Waals surface area contributed by atoms with Gasteiger partial charge in [-0.05, 0) is 32.4 Å². The summed E-state index contributed by atoms with van der Waals surface area (Å²) < 4.78 is 7.26. The number of hydrogen-bond donors (Lipinski definition) is 1. The summed E-state index contributed by atoms with van der Waals surface area (Å²) in [6.07, 6.45) is 4.16. The fraction of sp³-hybridized carbons (Fsp3) is 0.533. The van der Waals surface area contributed by atoms with E-state index in [9.17, 15) is 0 Å². The normalized spacial score (nSPS) is 12.4. The fourth-order valence-electron chi connectivity index (χ4n) is 2.56. The number of aromatic nitrogens is 4. The van der Waals surface area contributed by atoms with Crippen LogP contribution in [0.15, 0.2) is 12.4 Å². The molecule has 0 spiro atoms. The molecule has 114 valence electrons. The molecule has 6 heteroatoms. The van der Waals surface area contributed by atoms with Crippen molar-refractivity contribution in [1.29, 1.82) is 0 Å². The lowest BCUT2D eigenvalue weighted by Crippen LogP contribution is -2.25. The highest BCUT2D eigenvalue weighted by molar-refractivity contribution is 5.29. The van der Waals surface area contributed by atoms with Gasteiger partial charge in [0.15, 0.2) is 0 Å². The molecule has 0 radical (unpaired) electrons. The van der Waals surface area contributed by atoms with E-state index in [4.69, 9.17) is 4.74 Å². The number of rotatable bonds is 6. The predicted molar refractivity (Wildman–Crippen MR) is 81.4 cm³/mol. The Labute approximate surface area is 125 Å². The van der Waals surface area contributed by atoms with Gasteiger partial charge < -0.3 is 10.1 Å². The first kappa shape index (κ1) is 15.4. The SMILES string of the molecule is CCNC(Cc1c(C)nn(C)c1C)c1nccnc1OC. The number of aryl methyl sites for hydroxylation is 2. The molecule has 0 aromatic carbocycles. The monoisotopic (exact) mass is 289 g/mol. The van der Waals surface area contributed by atoms with Crippen LogP contribution in [0.1, 0.15) is 35.6 Å². The number of ether oxygens (including phenoxy) is 1. The van der Waals surface area contributed by atoms with Gasteiger partial charge in [-0.1, -0.05) is 6.92 Å². The highest BCUT2D eigenvalue weighted by Crippen LogP contribution is 2.25. The molecule has 2 rings (SSSR count). The highest BCUT2D eigenvalue weighted by Gasteiger charge is 2.21. The second-order valence-corrected chi connectivity index (χ2v) is 5.04. The zero-order valence-corrected chi connectivity index (χ0v) is 13.3. The predicted octanol–water partition coefficient (Wildman–Crippen LogP) is 1.73. The van der Waals surface area contributed by atoms with Crippen molar-refractivity contribution in [1.82, 2.24) is 25.1 Å². The molecule has 1 atom stereocenters. The molecule has 0 aliphatic carbocycles. The first-order valence-electron chi connectivity index (χ1n) is 7.15. The third kappa shape index (κ3) is 3.21. The van der Waals surface area contributed by atoms with Crippen LogP contribution < -0.4 is 10.1 Å². The molecule has 0 aliphatic rings. The largest absolute Gasteiger partial charge is 0.480 e. The van der Waals surface area contributed by atoms with Crippen molar-refractivity contribution in [3.8, 4) is 5.88 Å². The minimum Gasteiger partial charge on any atom is -0.480 e. The molecule has 1 unspecified atom stereocenters. The molecule has 0 bridgehead atoms. The van der Waals surface area contributed by atoms with Crippen molar-refractivity contribution in [3.63, 3.8) is 0 Å². The molecule has 6 nitrogen and oxygen atoms in total. The first-order chi connectivity index (χ1) is 10.1. The molecular formula is C15H23N5O. The maximum atomic E-state index is 5.34. The minimum atomic E-state index is 0.0558. The zero-order valence-electron chi connectivity index (χ0n) is 13.3. The first-order valence-corrected chi connectivity index (χ1v) is 7.15. The second-order valence-electron chi connectivity index (χ2n) is 5.04. The van der Waals surface area contributed by atoms with Gasteiger partial charge in [0, 0.05) is 25.1 Å². The van der Waals surface area contributed by atoms with E-state index in [0.29, 0.717) is 5.88 Å². The zero-order chi connectivity index (χ0) is 15.4. The van der Waals surface area contributed by atoms with Gasteiger partial charge in [-0.15, -0.1) is 0 Å². The number of hydrogen-bond acceptors (Lipinski definition) is 5. The van der Waals surface area contributed by atoms with Crippen LogP contribution in [0.4, 0.5) is 0 Å². The van der Waals surface area contributed by atoms with Gasteiger partial charge in [-0.25, -0.2) is 4.98 Å². The number of nitrogens with zero attached hydrogens (tertiary/aromatic N) is 4. The lowest BCUT2D eigenvalue weighted by atomic mass is 10.0. The average Bonchev–Trinajstić information content (AvgIpc) is 2.73. The van der Waals surface area contributed by atoms with Crippen molar-refractivity contribution in [2.24, 2.45) is 7.05 Å². The van der Waals surface area contributed by atoms with Gasteiger partial charge in [0.1, 0.15) is 5.69 Å². The van der Waals surface area contributed by atoms with E-state index >= 15 is 0 Å². The van der Waals surface area contributed by atoms with Crippen molar-refractivity contribution in [2.75, 3.05) is 13.7 Å². The van der Waals surface area contributed by atoms with E-state index in [1.807, 2.05) is 18.7 Å².